The minimum atomic E-state index is -0.170. The fourth-order valence-corrected chi connectivity index (χ4v) is 9.45. The van der Waals surface area contributed by atoms with Gasteiger partial charge in [-0.1, -0.05) is 208 Å². The zero-order valence-electron chi connectivity index (χ0n) is 33.0. The number of rotatable bonds is 7. The van der Waals surface area contributed by atoms with Gasteiger partial charge in [0.25, 0.3) is 0 Å². The molecular formula is C56H41N3. The van der Waals surface area contributed by atoms with Crippen LogP contribution in [0.25, 0.3) is 72.2 Å². The Bertz CT molecular complexity index is 3150. The van der Waals surface area contributed by atoms with E-state index in [2.05, 4.69) is 236 Å². The van der Waals surface area contributed by atoms with Gasteiger partial charge < -0.3 is 4.90 Å². The fraction of sp³-hybridized carbons (Fsp3) is 0.0536. The van der Waals surface area contributed by atoms with Crippen LogP contribution in [-0.2, 0) is 5.41 Å². The third-order valence-corrected chi connectivity index (χ3v) is 12.2. The van der Waals surface area contributed by atoms with Gasteiger partial charge >= 0.3 is 0 Å². The second-order valence-electron chi connectivity index (χ2n) is 15.9. The van der Waals surface area contributed by atoms with Crippen molar-refractivity contribution in [3.63, 3.8) is 0 Å². The number of nitrogens with zero attached hydrogens (tertiary/aromatic N) is 3. The molecule has 0 bridgehead atoms. The van der Waals surface area contributed by atoms with Crippen LogP contribution in [0.5, 0.6) is 0 Å². The molecule has 0 radical (unpaired) electrons. The van der Waals surface area contributed by atoms with Gasteiger partial charge in [0.2, 0.25) is 0 Å². The Hall–Kier alpha value is -7.49. The first kappa shape index (κ1) is 34.7. The SMILES string of the molecule is CC1(C)c2ccccc2-c2c(N(c3ccc(-c4ccccc4)cc3)c3c(-c4ccccc4)n4nc(-c5ccccc5)c(-c5ccccc5)c4c4ccccc34)cccc21. The maximum Gasteiger partial charge on any atom is 0.101 e. The molecule has 0 amide bonds. The molecule has 0 atom stereocenters. The molecular weight excluding hydrogens is 715 g/mol. The second kappa shape index (κ2) is 13.9. The van der Waals surface area contributed by atoms with Crippen LogP contribution in [0, 0.1) is 0 Å². The first-order chi connectivity index (χ1) is 29.1. The molecule has 10 aromatic rings. The topological polar surface area (TPSA) is 20.5 Å². The monoisotopic (exact) mass is 755 g/mol. The molecule has 2 heterocycles. The summed E-state index contributed by atoms with van der Waals surface area (Å²) in [4.78, 5) is 2.52. The largest absolute Gasteiger partial charge is 0.307 e. The summed E-state index contributed by atoms with van der Waals surface area (Å²) in [6.45, 7) is 4.72. The van der Waals surface area contributed by atoms with E-state index in [-0.39, 0.29) is 5.41 Å². The predicted molar refractivity (Wildman–Crippen MR) is 247 cm³/mol. The molecule has 3 heteroatoms. The first-order valence-corrected chi connectivity index (χ1v) is 20.4. The highest BCUT2D eigenvalue weighted by molar-refractivity contribution is 6.16. The predicted octanol–water partition coefficient (Wildman–Crippen LogP) is 14.9. The number of fused-ring (bicyclic) bond motifs is 6. The van der Waals surface area contributed by atoms with E-state index in [1.54, 1.807) is 0 Å². The van der Waals surface area contributed by atoms with E-state index in [0.29, 0.717) is 0 Å². The number of pyridine rings is 1. The lowest BCUT2D eigenvalue weighted by molar-refractivity contribution is 0.660. The summed E-state index contributed by atoms with van der Waals surface area (Å²) < 4.78 is 2.24. The fourth-order valence-electron chi connectivity index (χ4n) is 9.45. The molecule has 1 aliphatic rings. The minimum absolute atomic E-state index is 0.170. The van der Waals surface area contributed by atoms with Crippen LogP contribution < -0.4 is 4.90 Å². The van der Waals surface area contributed by atoms with Gasteiger partial charge in [0.1, 0.15) is 5.69 Å². The van der Waals surface area contributed by atoms with E-state index in [1.807, 2.05) is 0 Å². The number of anilines is 3. The summed E-state index contributed by atoms with van der Waals surface area (Å²) >= 11 is 0. The Morgan fingerprint density at radius 3 is 1.63 bits per heavy atom. The van der Waals surface area contributed by atoms with Gasteiger partial charge in [-0.25, -0.2) is 4.52 Å². The van der Waals surface area contributed by atoms with Gasteiger partial charge in [-0.15, -0.1) is 0 Å². The highest BCUT2D eigenvalue weighted by atomic mass is 15.3. The highest BCUT2D eigenvalue weighted by Crippen LogP contribution is 2.56. The number of benzene rings is 8. The lowest BCUT2D eigenvalue weighted by atomic mass is 9.82. The average molecular weight is 756 g/mol. The molecule has 0 unspecified atom stereocenters. The van der Waals surface area contributed by atoms with E-state index in [4.69, 9.17) is 5.10 Å². The van der Waals surface area contributed by atoms with Crippen LogP contribution in [0.1, 0.15) is 25.0 Å². The Labute approximate surface area is 345 Å². The van der Waals surface area contributed by atoms with Crippen molar-refractivity contribution in [3.8, 4) is 55.9 Å². The molecule has 8 aromatic carbocycles. The Morgan fingerprint density at radius 1 is 0.424 bits per heavy atom. The van der Waals surface area contributed by atoms with Crippen molar-refractivity contribution < 1.29 is 0 Å². The number of hydrogen-bond donors (Lipinski definition) is 0. The quantitative estimate of drug-likeness (QED) is 0.161. The zero-order chi connectivity index (χ0) is 39.5. The van der Waals surface area contributed by atoms with Crippen molar-refractivity contribution in [2.24, 2.45) is 0 Å². The minimum Gasteiger partial charge on any atom is -0.307 e. The summed E-state index contributed by atoms with van der Waals surface area (Å²) in [6.07, 6.45) is 0. The standard InChI is InChI=1S/C56H41N3/c1-56(2)47-31-18-17-30-46(47)51-48(56)32-19-33-49(51)58(43-36-34-39(35-37-43)38-20-7-3-8-21-38)55-45-29-16-15-28-44(45)54-50(40-22-9-4-10-23-40)52(41-24-11-5-12-25-41)57-59(54)53(55)42-26-13-6-14-27-42/h3-37H,1-2H3. The summed E-state index contributed by atoms with van der Waals surface area (Å²) in [5.74, 6) is 0. The van der Waals surface area contributed by atoms with Gasteiger partial charge in [0, 0.05) is 44.1 Å². The van der Waals surface area contributed by atoms with Crippen LogP contribution >= 0.6 is 0 Å². The van der Waals surface area contributed by atoms with Crippen molar-refractivity contribution in [3.05, 3.63) is 223 Å². The van der Waals surface area contributed by atoms with Gasteiger partial charge in [-0.3, -0.25) is 0 Å². The van der Waals surface area contributed by atoms with Crippen molar-refractivity contribution in [2.75, 3.05) is 4.90 Å². The van der Waals surface area contributed by atoms with E-state index >= 15 is 0 Å². The van der Waals surface area contributed by atoms with Gasteiger partial charge in [0.05, 0.1) is 22.6 Å². The Morgan fingerprint density at radius 2 is 0.949 bits per heavy atom. The molecule has 2 aromatic heterocycles. The van der Waals surface area contributed by atoms with Crippen LogP contribution in [0.15, 0.2) is 212 Å². The number of aromatic nitrogens is 2. The van der Waals surface area contributed by atoms with Crippen LogP contribution in [0.3, 0.4) is 0 Å². The van der Waals surface area contributed by atoms with Crippen LogP contribution in [0.2, 0.25) is 0 Å². The molecule has 0 saturated heterocycles. The summed E-state index contributed by atoms with van der Waals surface area (Å²) in [5, 5.41) is 7.97. The highest BCUT2D eigenvalue weighted by Gasteiger charge is 2.38. The van der Waals surface area contributed by atoms with Crippen molar-refractivity contribution in [1.82, 2.24) is 9.61 Å². The van der Waals surface area contributed by atoms with E-state index < -0.39 is 0 Å². The molecule has 1 aliphatic carbocycles. The lowest BCUT2D eigenvalue weighted by Crippen LogP contribution is -2.17. The van der Waals surface area contributed by atoms with E-state index in [1.165, 1.54) is 33.4 Å². The number of hydrogen-bond acceptors (Lipinski definition) is 2. The van der Waals surface area contributed by atoms with Crippen LogP contribution in [-0.4, -0.2) is 9.61 Å². The molecule has 59 heavy (non-hydrogen) atoms. The molecule has 0 spiro atoms. The second-order valence-corrected chi connectivity index (χ2v) is 15.9. The van der Waals surface area contributed by atoms with Gasteiger partial charge in [-0.2, -0.15) is 5.10 Å². The van der Waals surface area contributed by atoms with E-state index in [9.17, 15) is 0 Å². The molecule has 0 aliphatic heterocycles. The van der Waals surface area contributed by atoms with Crippen molar-refractivity contribution >= 4 is 33.4 Å². The zero-order valence-corrected chi connectivity index (χ0v) is 33.0. The maximum atomic E-state index is 5.69. The van der Waals surface area contributed by atoms with E-state index in [0.717, 1.165) is 67.0 Å². The maximum absolute atomic E-state index is 5.69. The lowest BCUT2D eigenvalue weighted by Gasteiger charge is -2.32. The van der Waals surface area contributed by atoms with Gasteiger partial charge in [-0.05, 0) is 51.6 Å². The van der Waals surface area contributed by atoms with Gasteiger partial charge in [0.15, 0.2) is 0 Å². The molecule has 0 saturated carbocycles. The van der Waals surface area contributed by atoms with Crippen molar-refractivity contribution in [1.29, 1.82) is 0 Å². The Kier molecular flexibility index (Phi) is 8.16. The normalized spacial score (nSPS) is 12.7. The third kappa shape index (κ3) is 5.54. The first-order valence-electron chi connectivity index (χ1n) is 20.4. The molecule has 11 rings (SSSR count). The van der Waals surface area contributed by atoms with Crippen molar-refractivity contribution in [2.45, 2.75) is 19.3 Å². The molecule has 0 fully saturated rings. The average Bonchev–Trinajstić information content (AvgIpc) is 3.81. The molecule has 280 valence electrons. The molecule has 3 nitrogen and oxygen atoms in total. The smallest absolute Gasteiger partial charge is 0.101 e. The summed E-state index contributed by atoms with van der Waals surface area (Å²) in [6, 6.07) is 76.7. The summed E-state index contributed by atoms with van der Waals surface area (Å²) in [5.41, 5.74) is 18.1. The third-order valence-electron chi connectivity index (χ3n) is 12.2. The summed E-state index contributed by atoms with van der Waals surface area (Å²) in [7, 11) is 0. The van der Waals surface area contributed by atoms with Crippen LogP contribution in [0.4, 0.5) is 17.1 Å². The molecule has 0 N–H and O–H groups in total. The Balaban J connectivity index is 1.31.